The lowest BCUT2D eigenvalue weighted by atomic mass is 9.80. The third kappa shape index (κ3) is 4.18. The van der Waals surface area contributed by atoms with E-state index < -0.39 is 19.1 Å². The van der Waals surface area contributed by atoms with Crippen molar-refractivity contribution in [3.8, 4) is 50.5 Å². The fraction of sp³-hybridized carbons (Fsp3) is 0.0625. The van der Waals surface area contributed by atoms with Crippen molar-refractivity contribution in [2.24, 2.45) is 0 Å². The Balaban J connectivity index is 1.18. The van der Waals surface area contributed by atoms with Gasteiger partial charge in [-0.2, -0.15) is 0 Å². The predicted molar refractivity (Wildman–Crippen MR) is 210 cm³/mol. The Labute approximate surface area is 300 Å². The Morgan fingerprint density at radius 1 is 0.480 bits per heavy atom. The van der Waals surface area contributed by atoms with E-state index in [1.165, 1.54) is 0 Å². The Bertz CT molecular complexity index is 2920. The fourth-order valence-electron chi connectivity index (χ4n) is 8.03. The van der Waals surface area contributed by atoms with Crippen molar-refractivity contribution in [2.45, 2.75) is 19.1 Å². The molecule has 0 spiro atoms. The number of aromatic nitrogens is 2. The second kappa shape index (κ2) is 10.9. The summed E-state index contributed by atoms with van der Waals surface area (Å²) in [6.07, 6.45) is 0. The highest BCUT2D eigenvalue weighted by Gasteiger charge is 2.35. The first kappa shape index (κ1) is 23.2. The summed E-state index contributed by atoms with van der Waals surface area (Å²) in [6.45, 7) is -5.69. The van der Waals surface area contributed by atoms with E-state index in [-0.39, 0.29) is 0 Å². The summed E-state index contributed by atoms with van der Waals surface area (Å²) in [6, 6.07) is 56.4. The normalized spacial score (nSPS) is 15.4. The molecule has 1 aromatic heterocycles. The van der Waals surface area contributed by atoms with E-state index in [1.54, 1.807) is 12.1 Å². The Hall–Kier alpha value is -6.25. The molecular formula is C48H34N2. The van der Waals surface area contributed by atoms with Crippen molar-refractivity contribution in [3.63, 3.8) is 0 Å². The van der Waals surface area contributed by atoms with Gasteiger partial charge in [-0.05, 0) is 96.4 Å². The van der Waals surface area contributed by atoms with Gasteiger partial charge in [-0.25, -0.2) is 4.98 Å². The molecule has 0 N–H and O–H groups in total. The molecule has 0 unspecified atom stereocenters. The van der Waals surface area contributed by atoms with E-state index in [0.717, 1.165) is 71.9 Å². The van der Waals surface area contributed by atoms with Gasteiger partial charge < -0.3 is 0 Å². The predicted octanol–water partition coefficient (Wildman–Crippen LogP) is 12.6. The van der Waals surface area contributed by atoms with Crippen LogP contribution >= 0.6 is 0 Å². The van der Waals surface area contributed by atoms with Gasteiger partial charge >= 0.3 is 0 Å². The fourth-order valence-corrected chi connectivity index (χ4v) is 8.03. The van der Waals surface area contributed by atoms with E-state index in [1.807, 2.05) is 91.0 Å². The molecule has 0 bridgehead atoms. The molecule has 0 atom stereocenters. The minimum absolute atomic E-state index is 0.311. The van der Waals surface area contributed by atoms with Crippen LogP contribution in [-0.4, -0.2) is 9.55 Å². The molecule has 8 aromatic carbocycles. The van der Waals surface area contributed by atoms with Gasteiger partial charge in [0.15, 0.2) is 0 Å². The molecule has 2 nitrogen and oxygen atoms in total. The molecule has 0 saturated carbocycles. The SMILES string of the molecule is [2H]C([2H])([2H])C1(C([2H])([2H])[2H])c2ccccc2-c2ccc(-c3c4ccccc4c(-c4ccc(-c5nc6ccccc6n5-c5ccccc5)cc4)c4ccccc34)cc21. The maximum absolute atomic E-state index is 8.78. The standard InChI is InChI=1S/C48H34N2/c1-48(2)41-21-11-10-16-35(41)36-29-28-33(30-42(36)48)46-39-19-8-6-17-37(39)45(38-18-7-9-20-40(38)46)31-24-26-32(27-25-31)47-49-43-22-12-13-23-44(43)50(47)34-14-4-3-5-15-34/h3-30H,1-2H3/i1D3,2D3. The van der Waals surface area contributed by atoms with Crippen LogP contribution in [0.4, 0.5) is 0 Å². The molecule has 0 fully saturated rings. The van der Waals surface area contributed by atoms with Gasteiger partial charge in [0, 0.05) is 24.9 Å². The summed E-state index contributed by atoms with van der Waals surface area (Å²) in [4.78, 5) is 5.08. The third-order valence-corrected chi connectivity index (χ3v) is 10.3. The zero-order chi connectivity index (χ0) is 38.4. The number of benzene rings is 8. The maximum atomic E-state index is 8.78. The Kier molecular flexibility index (Phi) is 5.04. The molecule has 0 aliphatic heterocycles. The van der Waals surface area contributed by atoms with Crippen molar-refractivity contribution in [1.29, 1.82) is 0 Å². The molecule has 10 rings (SSSR count). The second-order valence-electron chi connectivity index (χ2n) is 13.1. The van der Waals surface area contributed by atoms with Crippen LogP contribution in [0.25, 0.3) is 83.0 Å². The summed E-state index contributed by atoms with van der Waals surface area (Å²) in [7, 11) is 0. The molecule has 1 aliphatic carbocycles. The number of imidazole rings is 1. The number of hydrogen-bond acceptors (Lipinski definition) is 1. The summed E-state index contributed by atoms with van der Waals surface area (Å²) in [5.74, 6) is 0.859. The Morgan fingerprint density at radius 2 is 1.02 bits per heavy atom. The van der Waals surface area contributed by atoms with Crippen molar-refractivity contribution in [1.82, 2.24) is 9.55 Å². The molecule has 2 heteroatoms. The number of nitrogens with zero attached hydrogens (tertiary/aromatic N) is 2. The van der Waals surface area contributed by atoms with Gasteiger partial charge in [-0.15, -0.1) is 0 Å². The molecule has 236 valence electrons. The molecular weight excluding hydrogens is 605 g/mol. The van der Waals surface area contributed by atoms with Gasteiger partial charge in [0.1, 0.15) is 5.82 Å². The lowest BCUT2D eigenvalue weighted by Crippen LogP contribution is -2.14. The third-order valence-electron chi connectivity index (χ3n) is 10.3. The van der Waals surface area contributed by atoms with Crippen molar-refractivity contribution in [2.75, 3.05) is 0 Å². The van der Waals surface area contributed by atoms with Crippen molar-refractivity contribution in [3.05, 3.63) is 181 Å². The minimum atomic E-state index is -2.84. The molecule has 0 amide bonds. The second-order valence-corrected chi connectivity index (χ2v) is 13.1. The lowest BCUT2D eigenvalue weighted by Gasteiger charge is -2.23. The van der Waals surface area contributed by atoms with Gasteiger partial charge in [0.25, 0.3) is 0 Å². The van der Waals surface area contributed by atoms with Crippen LogP contribution in [0.5, 0.6) is 0 Å². The summed E-state index contributed by atoms with van der Waals surface area (Å²) >= 11 is 0. The quantitative estimate of drug-likeness (QED) is 0.174. The van der Waals surface area contributed by atoms with Crippen LogP contribution in [0.1, 0.15) is 33.1 Å². The highest BCUT2D eigenvalue weighted by molar-refractivity contribution is 6.21. The first-order valence-electron chi connectivity index (χ1n) is 19.9. The van der Waals surface area contributed by atoms with Crippen LogP contribution < -0.4 is 0 Å². The molecule has 0 radical (unpaired) electrons. The summed E-state index contributed by atoms with van der Waals surface area (Å²) in [5.41, 5.74) is 7.55. The van der Waals surface area contributed by atoms with E-state index >= 15 is 0 Å². The molecule has 9 aromatic rings. The van der Waals surface area contributed by atoms with Crippen LogP contribution in [0.15, 0.2) is 170 Å². The van der Waals surface area contributed by atoms with Gasteiger partial charge in [-0.1, -0.05) is 153 Å². The topological polar surface area (TPSA) is 17.8 Å². The number of fused-ring (bicyclic) bond motifs is 6. The monoisotopic (exact) mass is 644 g/mol. The molecule has 50 heavy (non-hydrogen) atoms. The van der Waals surface area contributed by atoms with Crippen molar-refractivity contribution < 1.29 is 8.22 Å². The maximum Gasteiger partial charge on any atom is 0.145 e. The first-order valence-corrected chi connectivity index (χ1v) is 16.9. The number of hydrogen-bond donors (Lipinski definition) is 0. The molecule has 1 aliphatic rings. The zero-order valence-corrected chi connectivity index (χ0v) is 27.1. The van der Waals surface area contributed by atoms with Crippen LogP contribution in [0.2, 0.25) is 0 Å². The van der Waals surface area contributed by atoms with E-state index in [0.29, 0.717) is 22.3 Å². The largest absolute Gasteiger partial charge is 0.292 e. The highest BCUT2D eigenvalue weighted by atomic mass is 15.1. The molecule has 1 heterocycles. The molecule has 0 saturated heterocycles. The van der Waals surface area contributed by atoms with Crippen LogP contribution in [0, 0.1) is 0 Å². The number of para-hydroxylation sites is 3. The Morgan fingerprint density at radius 3 is 1.72 bits per heavy atom. The average Bonchev–Trinajstić information content (AvgIpc) is 3.75. The van der Waals surface area contributed by atoms with E-state index in [2.05, 4.69) is 71.3 Å². The van der Waals surface area contributed by atoms with Gasteiger partial charge in [0.2, 0.25) is 0 Å². The minimum Gasteiger partial charge on any atom is -0.292 e. The van der Waals surface area contributed by atoms with Crippen LogP contribution in [-0.2, 0) is 5.41 Å². The summed E-state index contributed by atoms with van der Waals surface area (Å²) < 4.78 is 54.9. The first-order chi connectivity index (χ1) is 27.1. The van der Waals surface area contributed by atoms with Gasteiger partial charge in [0.05, 0.1) is 11.0 Å². The van der Waals surface area contributed by atoms with Gasteiger partial charge in [-0.3, -0.25) is 4.57 Å². The number of rotatable bonds is 4. The average molecular weight is 645 g/mol. The van der Waals surface area contributed by atoms with Crippen molar-refractivity contribution >= 4 is 32.6 Å². The zero-order valence-electron chi connectivity index (χ0n) is 33.1. The van der Waals surface area contributed by atoms with E-state index in [4.69, 9.17) is 13.2 Å². The highest BCUT2D eigenvalue weighted by Crippen LogP contribution is 2.51. The smallest absolute Gasteiger partial charge is 0.145 e. The van der Waals surface area contributed by atoms with E-state index in [9.17, 15) is 0 Å². The summed E-state index contributed by atoms with van der Waals surface area (Å²) in [5, 5.41) is 4.04. The lowest BCUT2D eigenvalue weighted by molar-refractivity contribution is 0.660. The van der Waals surface area contributed by atoms with Crippen LogP contribution in [0.3, 0.4) is 0 Å².